The van der Waals surface area contributed by atoms with Gasteiger partial charge in [0.15, 0.2) is 0 Å². The minimum Gasteiger partial charge on any atom is -0.497 e. The minimum absolute atomic E-state index is 0.522. The molecule has 3 nitrogen and oxygen atoms in total. The number of unbranched alkanes of at least 4 members (excludes halogenated alkanes) is 3. The third-order valence-electron chi connectivity index (χ3n) is 3.37. The van der Waals surface area contributed by atoms with Crippen molar-refractivity contribution in [1.82, 2.24) is 0 Å². The van der Waals surface area contributed by atoms with Gasteiger partial charge in [0.25, 0.3) is 0 Å². The van der Waals surface area contributed by atoms with Gasteiger partial charge in [0.2, 0.25) is 0 Å². The zero-order valence-electron chi connectivity index (χ0n) is 13.8. The van der Waals surface area contributed by atoms with E-state index in [1.165, 1.54) is 12.8 Å². The molecule has 1 aromatic carbocycles. The number of hydrogen-bond acceptors (Lipinski definition) is 3. The second-order valence-electron chi connectivity index (χ2n) is 5.34. The summed E-state index contributed by atoms with van der Waals surface area (Å²) in [6.45, 7) is 3.40. The van der Waals surface area contributed by atoms with Gasteiger partial charge in [-0.3, -0.25) is 0 Å². The molecule has 1 N–H and O–H groups in total. The van der Waals surface area contributed by atoms with Gasteiger partial charge in [-0.2, -0.15) is 0 Å². The molecule has 0 heterocycles. The van der Waals surface area contributed by atoms with E-state index in [1.807, 2.05) is 24.3 Å². The molecular weight excluding hydrogens is 276 g/mol. The Morgan fingerprint density at radius 2 is 1.91 bits per heavy atom. The Balaban J connectivity index is 2.06. The predicted octanol–water partition coefficient (Wildman–Crippen LogP) is 3.94. The van der Waals surface area contributed by atoms with Crippen LogP contribution in [0.1, 0.15) is 51.0 Å². The van der Waals surface area contributed by atoms with Gasteiger partial charge in [-0.25, -0.2) is 0 Å². The molecule has 122 valence electrons. The molecule has 0 radical (unpaired) electrons. The largest absolute Gasteiger partial charge is 0.497 e. The summed E-state index contributed by atoms with van der Waals surface area (Å²) in [7, 11) is 1.66. The lowest BCUT2D eigenvalue weighted by molar-refractivity contribution is 0.107. The van der Waals surface area contributed by atoms with Crippen molar-refractivity contribution in [3.05, 3.63) is 29.8 Å². The highest BCUT2D eigenvalue weighted by Gasteiger charge is 1.99. The molecule has 1 rings (SSSR count). The first-order valence-corrected chi connectivity index (χ1v) is 8.13. The van der Waals surface area contributed by atoms with Crippen LogP contribution in [0.3, 0.4) is 0 Å². The van der Waals surface area contributed by atoms with Gasteiger partial charge in [0, 0.05) is 13.0 Å². The summed E-state index contributed by atoms with van der Waals surface area (Å²) in [6, 6.07) is 7.85. The molecule has 0 aliphatic rings. The van der Waals surface area contributed by atoms with Gasteiger partial charge in [0.05, 0.1) is 13.7 Å². The van der Waals surface area contributed by atoms with E-state index in [-0.39, 0.29) is 0 Å². The van der Waals surface area contributed by atoms with Crippen molar-refractivity contribution >= 4 is 0 Å². The summed E-state index contributed by atoms with van der Waals surface area (Å²) in [5.74, 6) is 6.80. The molecule has 0 aliphatic heterocycles. The molecular formula is C19H28O3. The van der Waals surface area contributed by atoms with Gasteiger partial charge < -0.3 is 14.6 Å². The normalized spacial score (nSPS) is 11.6. The monoisotopic (exact) mass is 304 g/mol. The summed E-state index contributed by atoms with van der Waals surface area (Å²) in [5.41, 5.74) is 1.12. The first-order valence-electron chi connectivity index (χ1n) is 8.13. The van der Waals surface area contributed by atoms with Crippen LogP contribution in [-0.2, 0) is 11.3 Å². The Hall–Kier alpha value is -1.50. The van der Waals surface area contributed by atoms with Crippen LogP contribution in [0.2, 0.25) is 0 Å². The van der Waals surface area contributed by atoms with Gasteiger partial charge in [-0.05, 0) is 37.0 Å². The van der Waals surface area contributed by atoms with E-state index in [4.69, 9.17) is 9.47 Å². The molecule has 1 aromatic rings. The van der Waals surface area contributed by atoms with Crippen molar-refractivity contribution in [2.75, 3.05) is 13.7 Å². The quantitative estimate of drug-likeness (QED) is 0.526. The third-order valence-corrected chi connectivity index (χ3v) is 3.37. The Labute approximate surface area is 134 Å². The first-order chi connectivity index (χ1) is 10.8. The minimum atomic E-state index is -0.522. The van der Waals surface area contributed by atoms with Crippen LogP contribution < -0.4 is 4.74 Å². The van der Waals surface area contributed by atoms with E-state index >= 15 is 0 Å². The Bertz CT molecular complexity index is 442. The highest BCUT2D eigenvalue weighted by molar-refractivity contribution is 5.26. The molecule has 0 bridgehead atoms. The lowest BCUT2D eigenvalue weighted by atomic mass is 10.2. The number of hydrogen-bond donors (Lipinski definition) is 1. The van der Waals surface area contributed by atoms with Crippen LogP contribution in [0.4, 0.5) is 0 Å². The van der Waals surface area contributed by atoms with Crippen molar-refractivity contribution in [2.45, 2.75) is 58.2 Å². The molecule has 0 fully saturated rings. The molecule has 0 aromatic heterocycles. The van der Waals surface area contributed by atoms with Crippen LogP contribution in [0.5, 0.6) is 5.75 Å². The second kappa shape index (κ2) is 12.1. The highest BCUT2D eigenvalue weighted by atomic mass is 16.5. The Morgan fingerprint density at radius 1 is 1.14 bits per heavy atom. The lowest BCUT2D eigenvalue weighted by Gasteiger charge is -2.06. The summed E-state index contributed by atoms with van der Waals surface area (Å²) < 4.78 is 10.7. The van der Waals surface area contributed by atoms with E-state index < -0.39 is 6.10 Å². The van der Waals surface area contributed by atoms with Crippen molar-refractivity contribution in [3.63, 3.8) is 0 Å². The summed E-state index contributed by atoms with van der Waals surface area (Å²) in [6.07, 6.45) is 5.40. The van der Waals surface area contributed by atoms with E-state index in [0.717, 1.165) is 30.6 Å². The first kappa shape index (κ1) is 18.5. The number of rotatable bonds is 10. The van der Waals surface area contributed by atoms with Crippen LogP contribution in [-0.4, -0.2) is 24.9 Å². The zero-order chi connectivity index (χ0) is 16.0. The van der Waals surface area contributed by atoms with Crippen LogP contribution >= 0.6 is 0 Å². The second-order valence-corrected chi connectivity index (χ2v) is 5.34. The fraction of sp³-hybridized carbons (Fsp3) is 0.579. The highest BCUT2D eigenvalue weighted by Crippen LogP contribution is 2.12. The molecule has 0 aliphatic carbocycles. The molecule has 0 saturated heterocycles. The van der Waals surface area contributed by atoms with Crippen molar-refractivity contribution in [2.24, 2.45) is 0 Å². The number of methoxy groups -OCH3 is 1. The SMILES string of the molecule is CCCCCC#C[C@@H](O)CCCOCc1ccc(OC)cc1. The van der Waals surface area contributed by atoms with Gasteiger partial charge in [0.1, 0.15) is 11.9 Å². The third kappa shape index (κ3) is 8.71. The maximum Gasteiger partial charge on any atom is 0.118 e. The summed E-state index contributed by atoms with van der Waals surface area (Å²) in [4.78, 5) is 0. The van der Waals surface area contributed by atoms with E-state index in [9.17, 15) is 5.11 Å². The number of benzene rings is 1. The maximum atomic E-state index is 9.74. The molecule has 0 spiro atoms. The maximum absolute atomic E-state index is 9.74. The van der Waals surface area contributed by atoms with Crippen molar-refractivity contribution in [3.8, 4) is 17.6 Å². The topological polar surface area (TPSA) is 38.7 Å². The average Bonchev–Trinajstić information content (AvgIpc) is 2.55. The summed E-state index contributed by atoms with van der Waals surface area (Å²) >= 11 is 0. The van der Waals surface area contributed by atoms with E-state index in [1.54, 1.807) is 7.11 Å². The molecule has 1 atom stereocenters. The number of aliphatic hydroxyl groups is 1. The van der Waals surface area contributed by atoms with E-state index in [0.29, 0.717) is 19.6 Å². The lowest BCUT2D eigenvalue weighted by Crippen LogP contribution is -2.05. The van der Waals surface area contributed by atoms with Crippen molar-refractivity contribution < 1.29 is 14.6 Å². The average molecular weight is 304 g/mol. The fourth-order valence-electron chi connectivity index (χ4n) is 2.02. The van der Waals surface area contributed by atoms with Crippen molar-refractivity contribution in [1.29, 1.82) is 0 Å². The summed E-state index contributed by atoms with van der Waals surface area (Å²) in [5, 5.41) is 9.74. The standard InChI is InChI=1S/C19H28O3/c1-3-4-5-6-7-9-18(20)10-8-15-22-16-17-11-13-19(21-2)14-12-17/h11-14,18,20H,3-6,8,10,15-16H2,1-2H3/t18-/m1/s1. The Morgan fingerprint density at radius 3 is 2.59 bits per heavy atom. The number of ether oxygens (including phenoxy) is 2. The van der Waals surface area contributed by atoms with Crippen LogP contribution in [0.25, 0.3) is 0 Å². The molecule has 0 amide bonds. The Kier molecular flexibility index (Phi) is 10.2. The molecule has 0 unspecified atom stereocenters. The molecule has 3 heteroatoms. The smallest absolute Gasteiger partial charge is 0.118 e. The zero-order valence-corrected chi connectivity index (χ0v) is 13.8. The number of aliphatic hydroxyl groups excluding tert-OH is 1. The molecule has 22 heavy (non-hydrogen) atoms. The van der Waals surface area contributed by atoms with Crippen LogP contribution in [0, 0.1) is 11.8 Å². The molecule has 0 saturated carbocycles. The predicted molar refractivity (Wildman–Crippen MR) is 89.8 cm³/mol. The fourth-order valence-corrected chi connectivity index (χ4v) is 2.02. The van der Waals surface area contributed by atoms with Gasteiger partial charge >= 0.3 is 0 Å². The van der Waals surface area contributed by atoms with Crippen LogP contribution in [0.15, 0.2) is 24.3 Å². The van der Waals surface area contributed by atoms with E-state index in [2.05, 4.69) is 18.8 Å². The van der Waals surface area contributed by atoms with Gasteiger partial charge in [-0.1, -0.05) is 37.8 Å². The van der Waals surface area contributed by atoms with Gasteiger partial charge in [-0.15, -0.1) is 5.92 Å².